The Hall–Kier alpha value is -8.06. The number of carbonyl (C=O) groups is 6. The first kappa shape index (κ1) is 58.1. The third kappa shape index (κ3) is 11.9. The summed E-state index contributed by atoms with van der Waals surface area (Å²) in [7, 11) is 6.02. The summed E-state index contributed by atoms with van der Waals surface area (Å²) in [5.74, 6) is 11.7. The number of amides is 4. The first-order valence-corrected chi connectivity index (χ1v) is 27.2. The summed E-state index contributed by atoms with van der Waals surface area (Å²) < 4.78 is 27.8. The molecule has 6 aromatic rings. The van der Waals surface area contributed by atoms with Crippen molar-refractivity contribution in [3.8, 4) is 46.3 Å². The van der Waals surface area contributed by atoms with E-state index in [9.17, 15) is 28.8 Å². The molecule has 4 aromatic heterocycles. The number of esters is 2. The van der Waals surface area contributed by atoms with Crippen LogP contribution in [0.5, 0.6) is 0 Å². The quantitative estimate of drug-likeness (QED) is 0.0537. The maximum atomic E-state index is 14.4. The number of methoxy groups -OCH3 is 2. The number of likely N-dealkylation sites (tertiary alicyclic amines) is 2. The van der Waals surface area contributed by atoms with Gasteiger partial charge in [0.15, 0.2) is 11.5 Å². The van der Waals surface area contributed by atoms with E-state index in [1.54, 1.807) is 49.9 Å². The van der Waals surface area contributed by atoms with Gasteiger partial charge in [0, 0.05) is 58.4 Å². The molecule has 0 aliphatic carbocycles. The number of carbonyl (C=O) groups excluding carboxylic acids is 6. The van der Waals surface area contributed by atoms with Crippen molar-refractivity contribution >= 4 is 57.4 Å². The fraction of sp³-hybridized carbons (Fsp3) is 0.452. The van der Waals surface area contributed by atoms with Crippen LogP contribution in [-0.2, 0) is 41.7 Å². The molecule has 0 saturated carbocycles. The Labute approximate surface area is 467 Å². The standard InChI is InChI=1S/C62H74N8O10/c1-37(63-9)55(71)65-53(61(3,4)5)57(73)69-31-21-27-47(69)49-33-41(59(75)77-11)51(79-49)43-35-67(45-25-17-15-23-39(43)45)29-19-13-14-20-30-68-36-44(40-24-16-18-26-46(40)68)52-42(60(76)78-12)34-50(80-52)48-28-22-32-70(48)58(74)54(62(6,7)8)66-56(72)38(2)64-10/h15-18,23-26,33-38,47-48,53-54,63-64H,21-22,27-32H2,1-12H3,(H,65,71)(H,66,72)/t37-,38-,47-,48-,53+,54+/m0/s1. The van der Waals surface area contributed by atoms with E-state index in [1.165, 1.54) is 14.2 Å². The number of hydrogen-bond acceptors (Lipinski definition) is 12. The number of furan rings is 2. The van der Waals surface area contributed by atoms with Crippen molar-refractivity contribution in [1.82, 2.24) is 40.2 Å². The second-order valence-electron chi connectivity index (χ2n) is 22.8. The lowest BCUT2D eigenvalue weighted by Crippen LogP contribution is -2.57. The van der Waals surface area contributed by atoms with Crippen LogP contribution in [0.15, 0.2) is 81.9 Å². The minimum Gasteiger partial charge on any atom is -0.465 e. The zero-order valence-electron chi connectivity index (χ0n) is 47.9. The summed E-state index contributed by atoms with van der Waals surface area (Å²) in [5, 5.41) is 13.5. The highest BCUT2D eigenvalue weighted by molar-refractivity contribution is 6.04. The van der Waals surface area contributed by atoms with Crippen molar-refractivity contribution in [2.45, 2.75) is 130 Å². The average Bonchev–Trinajstić information content (AvgIpc) is 4.42. The van der Waals surface area contributed by atoms with Crippen LogP contribution in [0.1, 0.15) is 125 Å². The van der Waals surface area contributed by atoms with Gasteiger partial charge in [-0.15, -0.1) is 0 Å². The summed E-state index contributed by atoms with van der Waals surface area (Å²) in [6.45, 7) is 16.4. The zero-order valence-corrected chi connectivity index (χ0v) is 47.9. The van der Waals surface area contributed by atoms with Crippen molar-refractivity contribution in [3.05, 3.63) is 95.7 Å². The van der Waals surface area contributed by atoms with Gasteiger partial charge < -0.3 is 58.5 Å². The first-order chi connectivity index (χ1) is 38.1. The molecule has 8 rings (SSSR count). The van der Waals surface area contributed by atoms with Crippen molar-refractivity contribution in [3.63, 3.8) is 0 Å². The second-order valence-corrected chi connectivity index (χ2v) is 22.8. The molecule has 2 aliphatic rings. The van der Waals surface area contributed by atoms with Gasteiger partial charge in [0.05, 0.1) is 51.5 Å². The molecule has 2 saturated heterocycles. The maximum absolute atomic E-state index is 14.4. The fourth-order valence-corrected chi connectivity index (χ4v) is 10.6. The van der Waals surface area contributed by atoms with Crippen LogP contribution in [0, 0.1) is 34.5 Å². The molecule has 2 fully saturated rings. The lowest BCUT2D eigenvalue weighted by molar-refractivity contribution is -0.141. The Morgan fingerprint density at radius 2 is 0.988 bits per heavy atom. The molecule has 4 amide bonds. The molecular formula is C62H74N8O10. The third-order valence-corrected chi connectivity index (χ3v) is 15.3. The molecule has 18 nitrogen and oxygen atoms in total. The van der Waals surface area contributed by atoms with Gasteiger partial charge >= 0.3 is 11.9 Å². The van der Waals surface area contributed by atoms with Gasteiger partial charge in [-0.2, -0.15) is 0 Å². The van der Waals surface area contributed by atoms with E-state index >= 15 is 0 Å². The van der Waals surface area contributed by atoms with E-state index in [-0.39, 0.29) is 47.8 Å². The highest BCUT2D eigenvalue weighted by atomic mass is 16.5. The topological polar surface area (TPSA) is 212 Å². The summed E-state index contributed by atoms with van der Waals surface area (Å²) >= 11 is 0. The number of para-hydroxylation sites is 2. The molecule has 0 spiro atoms. The van der Waals surface area contributed by atoms with E-state index in [0.29, 0.717) is 72.9 Å². The maximum Gasteiger partial charge on any atom is 0.341 e. The Morgan fingerprint density at radius 3 is 1.34 bits per heavy atom. The molecule has 422 valence electrons. The van der Waals surface area contributed by atoms with Crippen molar-refractivity contribution < 1.29 is 47.1 Å². The second kappa shape index (κ2) is 24.1. The molecule has 6 atom stereocenters. The van der Waals surface area contributed by atoms with E-state index in [4.69, 9.17) is 18.3 Å². The van der Waals surface area contributed by atoms with Gasteiger partial charge in [0.2, 0.25) is 23.6 Å². The number of aromatic nitrogens is 2. The summed E-state index contributed by atoms with van der Waals surface area (Å²) in [5.41, 5.74) is 2.24. The molecule has 4 N–H and O–H groups in total. The van der Waals surface area contributed by atoms with E-state index in [0.717, 1.165) is 21.8 Å². The van der Waals surface area contributed by atoms with Crippen LogP contribution in [0.25, 0.3) is 44.5 Å². The minimum absolute atomic E-state index is 0.222. The van der Waals surface area contributed by atoms with Crippen LogP contribution in [0.2, 0.25) is 0 Å². The van der Waals surface area contributed by atoms with Gasteiger partial charge in [0.1, 0.15) is 34.7 Å². The van der Waals surface area contributed by atoms with Gasteiger partial charge in [-0.05, 0) is 101 Å². The SMILES string of the molecule is CN[C@@H](C)C(=O)N[C@H](C(=O)N1CCC[C@H]1c1cc(C(=O)OC)c(-c2cn(CC#CC#CCn3cc(-c4oc([C@@H]5CCCN5C(=O)[C@@H](NC(=O)[C@H](C)NC)C(C)(C)C)cc4C(=O)OC)c4ccccc43)c3ccccc23)o1)C(C)(C)C. The number of nitrogens with zero attached hydrogens (tertiary/aromatic N) is 4. The number of ether oxygens (including phenoxy) is 2. The Bertz CT molecular complexity index is 3220. The molecule has 18 heteroatoms. The Morgan fingerprint density at radius 1 is 0.613 bits per heavy atom. The number of likely N-dealkylation sites (N-methyl/N-ethyl adjacent to an activating group) is 2. The molecule has 0 radical (unpaired) electrons. The molecule has 6 heterocycles. The Kier molecular flexibility index (Phi) is 17.5. The summed E-state index contributed by atoms with van der Waals surface area (Å²) in [6, 6.07) is 15.2. The van der Waals surface area contributed by atoms with Crippen LogP contribution >= 0.6 is 0 Å². The van der Waals surface area contributed by atoms with Crippen LogP contribution in [-0.4, -0.2) is 120 Å². The van der Waals surface area contributed by atoms with Crippen LogP contribution in [0.4, 0.5) is 0 Å². The minimum atomic E-state index is -0.810. The smallest absolute Gasteiger partial charge is 0.341 e. The molecule has 80 heavy (non-hydrogen) atoms. The monoisotopic (exact) mass is 1090 g/mol. The highest BCUT2D eigenvalue weighted by Gasteiger charge is 2.44. The lowest BCUT2D eigenvalue weighted by atomic mass is 9.85. The third-order valence-electron chi connectivity index (χ3n) is 15.3. The largest absolute Gasteiger partial charge is 0.465 e. The predicted molar refractivity (Wildman–Crippen MR) is 305 cm³/mol. The average molecular weight is 1090 g/mol. The van der Waals surface area contributed by atoms with Crippen molar-refractivity contribution in [2.24, 2.45) is 10.8 Å². The zero-order chi connectivity index (χ0) is 57.8. The van der Waals surface area contributed by atoms with E-state index in [2.05, 4.69) is 44.9 Å². The number of hydrogen-bond donors (Lipinski definition) is 4. The van der Waals surface area contributed by atoms with Gasteiger partial charge in [-0.1, -0.05) is 89.8 Å². The lowest BCUT2D eigenvalue weighted by Gasteiger charge is -2.35. The first-order valence-electron chi connectivity index (χ1n) is 27.2. The summed E-state index contributed by atoms with van der Waals surface area (Å²) in [4.78, 5) is 85.3. The van der Waals surface area contributed by atoms with E-state index in [1.807, 2.05) is 112 Å². The normalized spacial score (nSPS) is 17.0. The van der Waals surface area contributed by atoms with Crippen molar-refractivity contribution in [1.29, 1.82) is 0 Å². The number of rotatable bonds is 16. The number of benzene rings is 2. The molecule has 0 bridgehead atoms. The fourth-order valence-electron chi connectivity index (χ4n) is 10.6. The molecular weight excluding hydrogens is 1020 g/mol. The van der Waals surface area contributed by atoms with Crippen LogP contribution in [0.3, 0.4) is 0 Å². The predicted octanol–water partition coefficient (Wildman–Crippen LogP) is 8.00. The molecule has 2 aliphatic heterocycles. The molecule has 2 aromatic carbocycles. The van der Waals surface area contributed by atoms with Gasteiger partial charge in [-0.25, -0.2) is 9.59 Å². The highest BCUT2D eigenvalue weighted by Crippen LogP contribution is 2.43. The van der Waals surface area contributed by atoms with Crippen molar-refractivity contribution in [2.75, 3.05) is 41.4 Å². The number of nitrogens with one attached hydrogen (secondary N) is 4. The molecule has 0 unspecified atom stereocenters. The van der Waals surface area contributed by atoms with Gasteiger partial charge in [-0.3, -0.25) is 19.2 Å². The summed E-state index contributed by atoms with van der Waals surface area (Å²) in [6.07, 6.45) is 6.39. The number of fused-ring (bicyclic) bond motifs is 2. The van der Waals surface area contributed by atoms with Gasteiger partial charge in [0.25, 0.3) is 0 Å². The Balaban J connectivity index is 1.04. The van der Waals surface area contributed by atoms with E-state index < -0.39 is 59.0 Å². The van der Waals surface area contributed by atoms with Crippen LogP contribution < -0.4 is 21.3 Å².